The lowest BCUT2D eigenvalue weighted by molar-refractivity contribution is -0.110. The number of hydrogen-bond donors (Lipinski definition) is 2. The number of nitrogens with zero attached hydrogens (tertiary/aromatic N) is 4. The number of amides is 1. The predicted octanol–water partition coefficient (Wildman–Crippen LogP) is 3.98. The molecule has 2 aromatic heterocycles. The summed E-state index contributed by atoms with van der Waals surface area (Å²) in [6.07, 6.45) is 4.05. The highest BCUT2D eigenvalue weighted by Crippen LogP contribution is 2.35. The summed E-state index contributed by atoms with van der Waals surface area (Å²) in [7, 11) is 0. The minimum absolute atomic E-state index is 0.00236. The molecule has 2 aromatic carbocycles. The van der Waals surface area contributed by atoms with E-state index in [2.05, 4.69) is 15.8 Å². The molecule has 0 fully saturated rings. The van der Waals surface area contributed by atoms with Crippen molar-refractivity contribution in [2.75, 3.05) is 15.8 Å². The Morgan fingerprint density at radius 3 is 2.52 bits per heavy atom. The molecule has 1 aliphatic carbocycles. The molecule has 2 aliphatic rings. The minimum atomic E-state index is -0.452. The van der Waals surface area contributed by atoms with Crippen LogP contribution in [0.1, 0.15) is 23.3 Å². The molecule has 1 aliphatic heterocycles. The monoisotopic (exact) mass is 456 g/mol. The van der Waals surface area contributed by atoms with Crippen LogP contribution < -0.4 is 21.3 Å². The number of benzene rings is 2. The first-order valence-corrected chi connectivity index (χ1v) is 11.7. The zero-order valence-electron chi connectivity index (χ0n) is 17.6. The number of hydrogen-bond acceptors (Lipinski definition) is 7. The molecule has 0 unspecified atom stereocenters. The third-order valence-corrected chi connectivity index (χ3v) is 7.01. The van der Waals surface area contributed by atoms with E-state index in [4.69, 9.17) is 4.98 Å². The van der Waals surface area contributed by atoms with Crippen molar-refractivity contribution < 1.29 is 4.79 Å². The average Bonchev–Trinajstić information content (AvgIpc) is 3.23. The van der Waals surface area contributed by atoms with Crippen LogP contribution in [0.25, 0.3) is 10.2 Å². The molecule has 2 N–H and O–H groups in total. The number of amidine groups is 1. The zero-order valence-corrected chi connectivity index (χ0v) is 18.4. The van der Waals surface area contributed by atoms with Crippen molar-refractivity contribution in [3.63, 3.8) is 0 Å². The Hall–Kier alpha value is -3.98. The highest BCUT2D eigenvalue weighted by atomic mass is 32.1. The molecule has 4 aromatic rings. The van der Waals surface area contributed by atoms with Crippen LogP contribution in [0.5, 0.6) is 0 Å². The van der Waals surface area contributed by atoms with Crippen molar-refractivity contribution in [1.82, 2.24) is 9.66 Å². The molecule has 6 rings (SSSR count). The maximum absolute atomic E-state index is 13.7. The Labute approximate surface area is 193 Å². The number of fused-ring (bicyclic) bond motifs is 4. The fourth-order valence-corrected chi connectivity index (χ4v) is 5.51. The van der Waals surface area contributed by atoms with E-state index in [1.165, 1.54) is 14.6 Å². The van der Waals surface area contributed by atoms with Gasteiger partial charge in [-0.1, -0.05) is 36.4 Å². The second kappa shape index (κ2) is 7.86. The quantitative estimate of drug-likeness (QED) is 0.487. The standard InChI is InChI=1S/C24H20N6O2S/c31-21(25-15-9-3-1-4-10-15)20-27-29(16-11-5-2-6-12-16)24-26-22-19(23(32)30(24)28-20)17-13-7-8-14-18(17)33-22/h1-6,9-12H,7-8,13-14H2,(H,25,31)(H,27,28). The van der Waals surface area contributed by atoms with Gasteiger partial charge in [0, 0.05) is 10.6 Å². The number of aryl methyl sites for hydroxylation is 2. The molecule has 8 nitrogen and oxygen atoms in total. The van der Waals surface area contributed by atoms with E-state index in [1.54, 1.807) is 23.5 Å². The molecule has 0 bridgehead atoms. The van der Waals surface area contributed by atoms with E-state index in [9.17, 15) is 9.59 Å². The summed E-state index contributed by atoms with van der Waals surface area (Å²) in [5.74, 6) is -0.122. The van der Waals surface area contributed by atoms with Gasteiger partial charge in [0.25, 0.3) is 17.4 Å². The molecular weight excluding hydrogens is 436 g/mol. The molecule has 0 saturated heterocycles. The summed E-state index contributed by atoms with van der Waals surface area (Å²) in [5.41, 5.74) is 5.14. The van der Waals surface area contributed by atoms with Crippen LogP contribution in [0.15, 0.2) is 70.6 Å². The lowest BCUT2D eigenvalue weighted by Gasteiger charge is -2.27. The molecule has 1 amide bonds. The van der Waals surface area contributed by atoms with E-state index < -0.39 is 5.91 Å². The van der Waals surface area contributed by atoms with Crippen LogP contribution in [0, 0.1) is 0 Å². The van der Waals surface area contributed by atoms with Gasteiger partial charge in [0.05, 0.1) is 11.1 Å². The molecule has 33 heavy (non-hydrogen) atoms. The Morgan fingerprint density at radius 1 is 1.00 bits per heavy atom. The first-order chi connectivity index (χ1) is 16.2. The van der Waals surface area contributed by atoms with Crippen molar-refractivity contribution in [1.29, 1.82) is 0 Å². The van der Waals surface area contributed by atoms with Crippen molar-refractivity contribution in [3.05, 3.63) is 81.5 Å². The van der Waals surface area contributed by atoms with Crippen LogP contribution in [0.4, 0.5) is 17.3 Å². The van der Waals surface area contributed by atoms with Crippen molar-refractivity contribution in [2.24, 2.45) is 5.10 Å². The lowest BCUT2D eigenvalue weighted by atomic mass is 9.97. The number of para-hydroxylation sites is 2. The van der Waals surface area contributed by atoms with Crippen molar-refractivity contribution in [3.8, 4) is 0 Å². The third kappa shape index (κ3) is 3.37. The molecule has 0 radical (unpaired) electrons. The third-order valence-electron chi connectivity index (χ3n) is 5.83. The number of nitrogens with one attached hydrogen (secondary N) is 2. The minimum Gasteiger partial charge on any atom is -0.319 e. The van der Waals surface area contributed by atoms with Gasteiger partial charge >= 0.3 is 0 Å². The Balaban J connectivity index is 1.50. The van der Waals surface area contributed by atoms with Crippen molar-refractivity contribution in [2.45, 2.75) is 25.7 Å². The largest absolute Gasteiger partial charge is 0.319 e. The first kappa shape index (κ1) is 19.7. The van der Waals surface area contributed by atoms with E-state index in [1.807, 2.05) is 48.5 Å². The molecule has 0 atom stereocenters. The average molecular weight is 457 g/mol. The summed E-state index contributed by atoms with van der Waals surface area (Å²) < 4.78 is 1.34. The number of aromatic nitrogens is 2. The summed E-state index contributed by atoms with van der Waals surface area (Å²) in [6, 6.07) is 18.5. The predicted molar refractivity (Wildman–Crippen MR) is 131 cm³/mol. The molecule has 0 spiro atoms. The Kier molecular flexibility index (Phi) is 4.69. The highest BCUT2D eigenvalue weighted by Gasteiger charge is 2.30. The van der Waals surface area contributed by atoms with E-state index in [0.717, 1.165) is 31.2 Å². The number of carbonyl (C=O) groups is 1. The van der Waals surface area contributed by atoms with Gasteiger partial charge in [0.2, 0.25) is 5.84 Å². The summed E-state index contributed by atoms with van der Waals surface area (Å²) in [5, 5.41) is 9.53. The highest BCUT2D eigenvalue weighted by molar-refractivity contribution is 7.18. The molecule has 3 heterocycles. The molecule has 0 saturated carbocycles. The van der Waals surface area contributed by atoms with Crippen LogP contribution in [-0.4, -0.2) is 21.4 Å². The maximum atomic E-state index is 13.7. The topological polar surface area (TPSA) is 91.6 Å². The summed E-state index contributed by atoms with van der Waals surface area (Å²) in [4.78, 5) is 33.5. The van der Waals surface area contributed by atoms with E-state index in [-0.39, 0.29) is 11.4 Å². The molecule has 9 heteroatoms. The summed E-state index contributed by atoms with van der Waals surface area (Å²) >= 11 is 1.59. The van der Waals surface area contributed by atoms with E-state index >= 15 is 0 Å². The van der Waals surface area contributed by atoms with Gasteiger partial charge in [-0.15, -0.1) is 16.4 Å². The molecule has 164 valence electrons. The second-order valence-corrected chi connectivity index (χ2v) is 9.05. The van der Waals surface area contributed by atoms with Gasteiger partial charge in [-0.25, -0.2) is 0 Å². The van der Waals surface area contributed by atoms with Crippen LogP contribution in [0.2, 0.25) is 0 Å². The van der Waals surface area contributed by atoms with Gasteiger partial charge in [0.1, 0.15) is 4.83 Å². The number of hydrazone groups is 1. The van der Waals surface area contributed by atoms with Crippen LogP contribution >= 0.6 is 11.3 Å². The van der Waals surface area contributed by atoms with Gasteiger partial charge in [0.15, 0.2) is 0 Å². The van der Waals surface area contributed by atoms with E-state index in [0.29, 0.717) is 27.5 Å². The fraction of sp³-hybridized carbons (Fsp3) is 0.167. The maximum Gasteiger partial charge on any atom is 0.294 e. The number of thiophene rings is 1. The fourth-order valence-electron chi connectivity index (χ4n) is 4.26. The number of rotatable bonds is 3. The number of carbonyl (C=O) groups excluding carboxylic acids is 1. The molecular formula is C24H20N6O2S. The van der Waals surface area contributed by atoms with Crippen molar-refractivity contribution >= 4 is 50.6 Å². The van der Waals surface area contributed by atoms with Crippen LogP contribution in [0.3, 0.4) is 0 Å². The van der Waals surface area contributed by atoms with Gasteiger partial charge in [-0.3, -0.25) is 15.0 Å². The number of anilines is 3. The normalized spacial score (nSPS) is 14.8. The van der Waals surface area contributed by atoms with Gasteiger partial charge in [-0.05, 0) is 55.5 Å². The Morgan fingerprint density at radius 2 is 1.73 bits per heavy atom. The van der Waals surface area contributed by atoms with Crippen LogP contribution in [-0.2, 0) is 17.6 Å². The van der Waals surface area contributed by atoms with Gasteiger partial charge in [-0.2, -0.15) is 14.7 Å². The zero-order chi connectivity index (χ0) is 22.4. The SMILES string of the molecule is O=C(Nc1ccccc1)C1=NN(c2ccccc2)c2nc3sc4c(c3c(=O)n2N1)CCCC4. The smallest absolute Gasteiger partial charge is 0.294 e. The first-order valence-electron chi connectivity index (χ1n) is 10.8. The summed E-state index contributed by atoms with van der Waals surface area (Å²) in [6.45, 7) is 0. The van der Waals surface area contributed by atoms with Gasteiger partial charge < -0.3 is 5.32 Å². The Bertz CT molecular complexity index is 1460. The lowest BCUT2D eigenvalue weighted by Crippen LogP contribution is -2.46. The second-order valence-electron chi connectivity index (χ2n) is 7.97.